The van der Waals surface area contributed by atoms with E-state index in [1.165, 1.54) is 0 Å². The van der Waals surface area contributed by atoms with Crippen LogP contribution in [-0.2, 0) is 13.6 Å². The SMILES string of the molecule is CCOc1ccc2c(c1)c(=O)c(C(=O)NCc1ccc(OC)cc1)cn2C. The number of hydrogen-bond acceptors (Lipinski definition) is 4. The van der Waals surface area contributed by atoms with Crippen LogP contribution in [0.3, 0.4) is 0 Å². The van der Waals surface area contributed by atoms with Gasteiger partial charge in [-0.1, -0.05) is 12.1 Å². The van der Waals surface area contributed by atoms with Crippen LogP contribution in [0.2, 0.25) is 0 Å². The summed E-state index contributed by atoms with van der Waals surface area (Å²) in [5.41, 5.74) is 1.46. The highest BCUT2D eigenvalue weighted by Gasteiger charge is 2.15. The normalized spacial score (nSPS) is 10.6. The zero-order valence-corrected chi connectivity index (χ0v) is 15.6. The number of methoxy groups -OCH3 is 1. The molecule has 3 rings (SSSR count). The molecule has 1 aromatic heterocycles. The molecule has 1 amide bonds. The third kappa shape index (κ3) is 3.95. The predicted octanol–water partition coefficient (Wildman–Crippen LogP) is 2.88. The van der Waals surface area contributed by atoms with Gasteiger partial charge in [0.05, 0.1) is 24.6 Å². The molecule has 0 spiro atoms. The Morgan fingerprint density at radius 1 is 1.11 bits per heavy atom. The molecule has 1 N–H and O–H groups in total. The van der Waals surface area contributed by atoms with Crippen molar-refractivity contribution in [1.29, 1.82) is 0 Å². The summed E-state index contributed by atoms with van der Waals surface area (Å²) >= 11 is 0. The monoisotopic (exact) mass is 366 g/mol. The number of fused-ring (bicyclic) bond motifs is 1. The van der Waals surface area contributed by atoms with Gasteiger partial charge in [0.2, 0.25) is 5.43 Å². The van der Waals surface area contributed by atoms with Gasteiger partial charge >= 0.3 is 0 Å². The number of nitrogens with one attached hydrogen (secondary N) is 1. The molecule has 0 saturated carbocycles. The Bertz CT molecular complexity index is 1020. The summed E-state index contributed by atoms with van der Waals surface area (Å²) in [6.45, 7) is 2.71. The van der Waals surface area contributed by atoms with E-state index in [4.69, 9.17) is 9.47 Å². The van der Waals surface area contributed by atoms with E-state index >= 15 is 0 Å². The van der Waals surface area contributed by atoms with E-state index in [2.05, 4.69) is 5.32 Å². The van der Waals surface area contributed by atoms with Crippen molar-refractivity contribution in [3.8, 4) is 11.5 Å². The van der Waals surface area contributed by atoms with Gasteiger partial charge in [-0.15, -0.1) is 0 Å². The summed E-state index contributed by atoms with van der Waals surface area (Å²) in [5, 5.41) is 3.26. The molecule has 0 bridgehead atoms. The van der Waals surface area contributed by atoms with Gasteiger partial charge in [-0.25, -0.2) is 0 Å². The van der Waals surface area contributed by atoms with Crippen molar-refractivity contribution < 1.29 is 14.3 Å². The van der Waals surface area contributed by atoms with E-state index in [1.807, 2.05) is 50.4 Å². The first-order valence-corrected chi connectivity index (χ1v) is 8.70. The van der Waals surface area contributed by atoms with Crippen molar-refractivity contribution >= 4 is 16.8 Å². The van der Waals surface area contributed by atoms with Crippen molar-refractivity contribution in [2.24, 2.45) is 7.05 Å². The lowest BCUT2D eigenvalue weighted by Gasteiger charge is -2.11. The summed E-state index contributed by atoms with van der Waals surface area (Å²) in [5.74, 6) is 0.951. The first kappa shape index (κ1) is 18.5. The van der Waals surface area contributed by atoms with Gasteiger partial charge in [0.1, 0.15) is 17.1 Å². The van der Waals surface area contributed by atoms with Gasteiger partial charge in [0, 0.05) is 19.8 Å². The molecule has 6 nitrogen and oxygen atoms in total. The largest absolute Gasteiger partial charge is 0.497 e. The molecule has 3 aromatic rings. The highest BCUT2D eigenvalue weighted by Crippen LogP contribution is 2.19. The number of pyridine rings is 1. The number of nitrogens with zero attached hydrogens (tertiary/aromatic N) is 1. The first-order valence-electron chi connectivity index (χ1n) is 8.70. The Kier molecular flexibility index (Phi) is 5.45. The zero-order chi connectivity index (χ0) is 19.4. The minimum Gasteiger partial charge on any atom is -0.497 e. The van der Waals surface area contributed by atoms with Crippen LogP contribution in [0.1, 0.15) is 22.8 Å². The van der Waals surface area contributed by atoms with E-state index in [0.717, 1.165) is 16.8 Å². The van der Waals surface area contributed by atoms with Gasteiger partial charge in [0.25, 0.3) is 5.91 Å². The lowest BCUT2D eigenvalue weighted by atomic mass is 10.1. The number of amides is 1. The van der Waals surface area contributed by atoms with Crippen LogP contribution in [0, 0.1) is 0 Å². The van der Waals surface area contributed by atoms with Gasteiger partial charge in [-0.2, -0.15) is 0 Å². The average molecular weight is 366 g/mol. The Hall–Kier alpha value is -3.28. The van der Waals surface area contributed by atoms with Crippen molar-refractivity contribution in [1.82, 2.24) is 9.88 Å². The molecule has 0 radical (unpaired) electrons. The molecule has 1 heterocycles. The fraction of sp³-hybridized carbons (Fsp3) is 0.238. The molecular weight excluding hydrogens is 344 g/mol. The maximum absolute atomic E-state index is 12.8. The topological polar surface area (TPSA) is 69.6 Å². The predicted molar refractivity (Wildman–Crippen MR) is 105 cm³/mol. The second kappa shape index (κ2) is 7.95. The van der Waals surface area contributed by atoms with Crippen LogP contribution in [0.5, 0.6) is 11.5 Å². The number of carbonyl (C=O) groups excluding carboxylic acids is 1. The average Bonchev–Trinajstić information content (AvgIpc) is 2.69. The van der Waals surface area contributed by atoms with E-state index in [9.17, 15) is 9.59 Å². The van der Waals surface area contributed by atoms with Crippen LogP contribution >= 0.6 is 0 Å². The quantitative estimate of drug-likeness (QED) is 0.728. The zero-order valence-electron chi connectivity index (χ0n) is 15.6. The summed E-state index contributed by atoms with van der Waals surface area (Å²) in [6, 6.07) is 12.7. The standard InChI is InChI=1S/C21H22N2O4/c1-4-27-16-9-10-19-17(11-16)20(24)18(13-23(19)2)21(25)22-12-14-5-7-15(26-3)8-6-14/h5-11,13H,4,12H2,1-3H3,(H,22,25). The maximum atomic E-state index is 12.8. The van der Waals surface area contributed by atoms with Crippen LogP contribution in [0.25, 0.3) is 10.9 Å². The number of benzene rings is 2. The van der Waals surface area contributed by atoms with Crippen LogP contribution < -0.4 is 20.2 Å². The van der Waals surface area contributed by atoms with Gasteiger partial charge in [-0.3, -0.25) is 9.59 Å². The fourth-order valence-corrected chi connectivity index (χ4v) is 2.91. The molecule has 0 unspecified atom stereocenters. The Morgan fingerprint density at radius 3 is 2.48 bits per heavy atom. The molecular formula is C21H22N2O4. The third-order valence-electron chi connectivity index (χ3n) is 4.33. The molecule has 0 aliphatic rings. The van der Waals surface area contributed by atoms with Crippen molar-refractivity contribution in [2.75, 3.05) is 13.7 Å². The summed E-state index contributed by atoms with van der Waals surface area (Å²) in [7, 11) is 3.41. The van der Waals surface area contributed by atoms with Gasteiger partial charge in [0.15, 0.2) is 0 Å². The molecule has 0 saturated heterocycles. The minimum absolute atomic E-state index is 0.104. The second-order valence-corrected chi connectivity index (χ2v) is 6.13. The molecule has 0 atom stereocenters. The highest BCUT2D eigenvalue weighted by atomic mass is 16.5. The Labute approximate surface area is 157 Å². The molecule has 140 valence electrons. The Balaban J connectivity index is 1.87. The molecule has 0 aliphatic heterocycles. The number of aryl methyl sites for hydroxylation is 1. The van der Waals surface area contributed by atoms with Crippen molar-refractivity contribution in [2.45, 2.75) is 13.5 Å². The lowest BCUT2D eigenvalue weighted by molar-refractivity contribution is 0.0949. The molecule has 6 heteroatoms. The highest BCUT2D eigenvalue weighted by molar-refractivity contribution is 5.97. The number of ether oxygens (including phenoxy) is 2. The number of hydrogen-bond donors (Lipinski definition) is 1. The maximum Gasteiger partial charge on any atom is 0.257 e. The number of carbonyl (C=O) groups is 1. The molecule has 2 aromatic carbocycles. The molecule has 0 fully saturated rings. The first-order chi connectivity index (χ1) is 13.0. The number of aromatic nitrogens is 1. The Morgan fingerprint density at radius 2 is 1.81 bits per heavy atom. The van der Waals surface area contributed by atoms with E-state index < -0.39 is 5.91 Å². The fourth-order valence-electron chi connectivity index (χ4n) is 2.91. The van der Waals surface area contributed by atoms with E-state index in [0.29, 0.717) is 24.3 Å². The van der Waals surface area contributed by atoms with Crippen LogP contribution in [-0.4, -0.2) is 24.2 Å². The number of rotatable bonds is 6. The smallest absolute Gasteiger partial charge is 0.257 e. The second-order valence-electron chi connectivity index (χ2n) is 6.13. The van der Waals surface area contributed by atoms with Crippen molar-refractivity contribution in [3.63, 3.8) is 0 Å². The molecule has 27 heavy (non-hydrogen) atoms. The van der Waals surface area contributed by atoms with E-state index in [1.54, 1.807) is 23.9 Å². The lowest BCUT2D eigenvalue weighted by Crippen LogP contribution is -2.29. The summed E-state index contributed by atoms with van der Waals surface area (Å²) in [4.78, 5) is 25.4. The third-order valence-corrected chi connectivity index (χ3v) is 4.33. The summed E-state index contributed by atoms with van der Waals surface area (Å²) in [6.07, 6.45) is 1.56. The van der Waals surface area contributed by atoms with Gasteiger partial charge < -0.3 is 19.4 Å². The van der Waals surface area contributed by atoms with Gasteiger partial charge in [-0.05, 0) is 42.8 Å². The van der Waals surface area contributed by atoms with Crippen molar-refractivity contribution in [3.05, 3.63) is 70.0 Å². The minimum atomic E-state index is -0.407. The summed E-state index contributed by atoms with van der Waals surface area (Å²) < 4.78 is 12.4. The van der Waals surface area contributed by atoms with Crippen LogP contribution in [0.4, 0.5) is 0 Å². The van der Waals surface area contributed by atoms with E-state index in [-0.39, 0.29) is 11.0 Å². The molecule has 0 aliphatic carbocycles. The van der Waals surface area contributed by atoms with Crippen LogP contribution in [0.15, 0.2) is 53.5 Å².